The third kappa shape index (κ3) is 5.30. The Morgan fingerprint density at radius 1 is 1.22 bits per heavy atom. The van der Waals surface area contributed by atoms with E-state index < -0.39 is 26.3 Å². The molecular formula is C27H39N3O6S. The van der Waals surface area contributed by atoms with Gasteiger partial charge in [-0.25, -0.2) is 12.7 Å². The molecule has 3 heterocycles. The smallest absolute Gasteiger partial charge is 0.328 e. The van der Waals surface area contributed by atoms with Gasteiger partial charge in [-0.05, 0) is 81.3 Å². The maximum Gasteiger partial charge on any atom is 0.328 e. The minimum Gasteiger partial charge on any atom is -0.477 e. The SMILES string of the molecule is COC(=O)C1(S(=O)(=O)N2CCC(c3ccc(C4(C)C=CC=C(OCCO)N4)c(C)c3)CC2)CCNCC1. The summed E-state index contributed by atoms with van der Waals surface area (Å²) in [5.41, 5.74) is 3.00. The molecular weight excluding hydrogens is 494 g/mol. The lowest BCUT2D eigenvalue weighted by Crippen LogP contribution is -2.59. The lowest BCUT2D eigenvalue weighted by molar-refractivity contribution is -0.144. The van der Waals surface area contributed by atoms with Crippen molar-refractivity contribution in [2.75, 3.05) is 46.5 Å². The standard InChI is InChI=1S/C27H39N3O6S/c1-20-19-22(6-7-23(20)26(2)10-4-5-24(29-26)36-18-17-31)21-8-15-30(16-9-21)37(33,34)27(25(32)35-3)11-13-28-14-12-27/h4-7,10,19,21,28-29,31H,8-9,11-18H2,1-3H3. The van der Waals surface area contributed by atoms with Crippen LogP contribution in [0.1, 0.15) is 55.2 Å². The summed E-state index contributed by atoms with van der Waals surface area (Å²) < 4.78 is 37.9. The van der Waals surface area contributed by atoms with Gasteiger partial charge in [0.25, 0.3) is 0 Å². The third-order valence-electron chi connectivity index (χ3n) is 7.95. The quantitative estimate of drug-likeness (QED) is 0.435. The number of nitrogens with zero attached hydrogens (tertiary/aromatic N) is 1. The highest BCUT2D eigenvalue weighted by molar-refractivity contribution is 7.91. The number of aliphatic hydroxyl groups is 1. The summed E-state index contributed by atoms with van der Waals surface area (Å²) in [7, 11) is -2.58. The molecule has 4 rings (SSSR count). The Kier molecular flexibility index (Phi) is 8.32. The number of piperidine rings is 2. The Hall–Kier alpha value is -2.40. The molecule has 3 N–H and O–H groups in total. The number of carbonyl (C=O) groups excluding carboxylic acids is 1. The summed E-state index contributed by atoms with van der Waals surface area (Å²) in [5, 5.41) is 15.6. The predicted octanol–water partition coefficient (Wildman–Crippen LogP) is 2.02. The van der Waals surface area contributed by atoms with E-state index in [1.165, 1.54) is 17.0 Å². The van der Waals surface area contributed by atoms with E-state index in [-0.39, 0.29) is 32.0 Å². The number of ether oxygens (including phenoxy) is 2. The number of benzene rings is 1. The molecule has 0 bridgehead atoms. The first kappa shape index (κ1) is 27.6. The van der Waals surface area contributed by atoms with E-state index in [1.54, 1.807) is 0 Å². The Labute approximate surface area is 220 Å². The molecule has 204 valence electrons. The monoisotopic (exact) mass is 533 g/mol. The van der Waals surface area contributed by atoms with Gasteiger partial charge in [0.1, 0.15) is 6.61 Å². The largest absolute Gasteiger partial charge is 0.477 e. The fraction of sp³-hybridized carbons (Fsp3) is 0.593. The Bertz CT molecular complexity index is 1150. The fourth-order valence-corrected chi connectivity index (χ4v) is 8.05. The summed E-state index contributed by atoms with van der Waals surface area (Å²) in [5.74, 6) is 0.211. The van der Waals surface area contributed by atoms with Gasteiger partial charge >= 0.3 is 5.97 Å². The zero-order valence-electron chi connectivity index (χ0n) is 22.0. The number of methoxy groups -OCH3 is 1. The average molecular weight is 534 g/mol. The van der Waals surface area contributed by atoms with Crippen molar-refractivity contribution in [2.24, 2.45) is 0 Å². The van der Waals surface area contributed by atoms with Crippen LogP contribution in [-0.4, -0.2) is 75.0 Å². The van der Waals surface area contributed by atoms with E-state index in [0.717, 1.165) is 11.1 Å². The first-order chi connectivity index (χ1) is 17.7. The van der Waals surface area contributed by atoms with Gasteiger partial charge in [-0.15, -0.1) is 0 Å². The van der Waals surface area contributed by atoms with Crippen LogP contribution in [0.5, 0.6) is 0 Å². The van der Waals surface area contributed by atoms with Crippen molar-refractivity contribution in [1.29, 1.82) is 0 Å². The Balaban J connectivity index is 1.46. The second kappa shape index (κ2) is 11.1. The Morgan fingerprint density at radius 3 is 2.54 bits per heavy atom. The predicted molar refractivity (Wildman–Crippen MR) is 141 cm³/mol. The van der Waals surface area contributed by atoms with Crippen molar-refractivity contribution in [2.45, 2.75) is 55.7 Å². The molecule has 3 aliphatic rings. The molecule has 1 aromatic rings. The number of hydrogen-bond donors (Lipinski definition) is 3. The van der Waals surface area contributed by atoms with Crippen molar-refractivity contribution in [3.05, 3.63) is 59.0 Å². The number of sulfonamides is 1. The first-order valence-electron chi connectivity index (χ1n) is 13.0. The summed E-state index contributed by atoms with van der Waals surface area (Å²) in [6.45, 7) is 6.08. The first-order valence-corrected chi connectivity index (χ1v) is 14.4. The number of esters is 1. The molecule has 0 radical (unpaired) electrons. The molecule has 3 aliphatic heterocycles. The molecule has 0 aromatic heterocycles. The van der Waals surface area contributed by atoms with Crippen molar-refractivity contribution in [1.82, 2.24) is 14.9 Å². The molecule has 10 heteroatoms. The summed E-state index contributed by atoms with van der Waals surface area (Å²) >= 11 is 0. The van der Waals surface area contributed by atoms with Gasteiger partial charge in [0, 0.05) is 13.1 Å². The Morgan fingerprint density at radius 2 is 1.92 bits per heavy atom. The zero-order valence-corrected chi connectivity index (χ0v) is 22.8. The normalized spacial score (nSPS) is 24.7. The molecule has 0 amide bonds. The second-order valence-electron chi connectivity index (χ2n) is 10.3. The molecule has 1 unspecified atom stereocenters. The fourth-order valence-electron chi connectivity index (χ4n) is 5.85. The molecule has 2 saturated heterocycles. The van der Waals surface area contributed by atoms with Crippen LogP contribution in [0.15, 0.2) is 42.3 Å². The molecule has 9 nitrogen and oxygen atoms in total. The minimum absolute atomic E-state index is 0.0474. The zero-order chi connectivity index (χ0) is 26.7. The number of aliphatic hydroxyl groups excluding tert-OH is 1. The van der Waals surface area contributed by atoms with Gasteiger partial charge in [-0.3, -0.25) is 4.79 Å². The average Bonchev–Trinajstić information content (AvgIpc) is 2.91. The van der Waals surface area contributed by atoms with Gasteiger partial charge in [0.05, 0.1) is 19.3 Å². The number of allylic oxidation sites excluding steroid dienone is 2. The van der Waals surface area contributed by atoms with Crippen molar-refractivity contribution in [3.8, 4) is 0 Å². The van der Waals surface area contributed by atoms with E-state index in [9.17, 15) is 13.2 Å². The van der Waals surface area contributed by atoms with Crippen LogP contribution < -0.4 is 10.6 Å². The molecule has 0 spiro atoms. The number of aryl methyl sites for hydroxylation is 1. The van der Waals surface area contributed by atoms with Gasteiger partial charge in [-0.2, -0.15) is 0 Å². The molecule has 0 aliphatic carbocycles. The highest BCUT2D eigenvalue weighted by atomic mass is 32.2. The highest BCUT2D eigenvalue weighted by Gasteiger charge is 2.55. The second-order valence-corrected chi connectivity index (χ2v) is 12.5. The van der Waals surface area contributed by atoms with Crippen LogP contribution in [0.4, 0.5) is 0 Å². The maximum atomic E-state index is 13.7. The topological polar surface area (TPSA) is 117 Å². The van der Waals surface area contributed by atoms with Crippen LogP contribution in [0.3, 0.4) is 0 Å². The molecule has 0 saturated carbocycles. The van der Waals surface area contributed by atoms with Gasteiger partial charge in [-0.1, -0.05) is 30.4 Å². The van der Waals surface area contributed by atoms with Gasteiger partial charge < -0.3 is 25.2 Å². The van der Waals surface area contributed by atoms with E-state index in [0.29, 0.717) is 44.9 Å². The van der Waals surface area contributed by atoms with Crippen LogP contribution in [-0.2, 0) is 29.8 Å². The van der Waals surface area contributed by atoms with E-state index >= 15 is 0 Å². The van der Waals surface area contributed by atoms with Gasteiger partial charge in [0.2, 0.25) is 10.0 Å². The van der Waals surface area contributed by atoms with E-state index in [4.69, 9.17) is 14.6 Å². The summed E-state index contributed by atoms with van der Waals surface area (Å²) in [4.78, 5) is 12.7. The molecule has 1 atom stereocenters. The lowest BCUT2D eigenvalue weighted by Gasteiger charge is -2.40. The van der Waals surface area contributed by atoms with E-state index in [1.807, 2.05) is 12.2 Å². The molecule has 37 heavy (non-hydrogen) atoms. The summed E-state index contributed by atoms with van der Waals surface area (Å²) in [6.07, 6.45) is 7.74. The van der Waals surface area contributed by atoms with Crippen LogP contribution in [0, 0.1) is 6.92 Å². The highest BCUT2D eigenvalue weighted by Crippen LogP contribution is 2.38. The molecule has 1 aromatic carbocycles. The van der Waals surface area contributed by atoms with Crippen molar-refractivity contribution < 1.29 is 27.8 Å². The minimum atomic E-state index is -3.84. The lowest BCUT2D eigenvalue weighted by atomic mass is 9.83. The van der Waals surface area contributed by atoms with Crippen molar-refractivity contribution >= 4 is 16.0 Å². The maximum absolute atomic E-state index is 13.7. The summed E-state index contributed by atoms with van der Waals surface area (Å²) in [6, 6.07) is 6.45. The van der Waals surface area contributed by atoms with Crippen LogP contribution >= 0.6 is 0 Å². The van der Waals surface area contributed by atoms with Crippen molar-refractivity contribution in [3.63, 3.8) is 0 Å². The number of rotatable bonds is 8. The molecule has 2 fully saturated rings. The van der Waals surface area contributed by atoms with Crippen LogP contribution in [0.2, 0.25) is 0 Å². The van der Waals surface area contributed by atoms with Gasteiger partial charge in [0.15, 0.2) is 10.6 Å². The third-order valence-corrected chi connectivity index (χ3v) is 10.6. The number of dihydropyridines is 1. The van der Waals surface area contributed by atoms with Crippen LogP contribution in [0.25, 0.3) is 0 Å². The van der Waals surface area contributed by atoms with E-state index in [2.05, 4.69) is 48.8 Å². The number of nitrogens with one attached hydrogen (secondary N) is 2. The number of hydrogen-bond acceptors (Lipinski definition) is 8. The number of carbonyl (C=O) groups is 1.